The summed E-state index contributed by atoms with van der Waals surface area (Å²) in [4.78, 5) is 37.1. The van der Waals surface area contributed by atoms with Crippen LogP contribution in [0.5, 0.6) is 0 Å². The molecule has 0 radical (unpaired) electrons. The van der Waals surface area contributed by atoms with Gasteiger partial charge in [-0.05, 0) is 31.4 Å². The summed E-state index contributed by atoms with van der Waals surface area (Å²) >= 11 is 0. The number of ether oxygens (including phenoxy) is 1. The molecule has 0 fully saturated rings. The Morgan fingerprint density at radius 2 is 2.05 bits per heavy atom. The van der Waals surface area contributed by atoms with Crippen molar-refractivity contribution in [2.75, 3.05) is 19.7 Å². The van der Waals surface area contributed by atoms with Gasteiger partial charge in [0, 0.05) is 12.1 Å². The molecule has 0 bridgehead atoms. The van der Waals surface area contributed by atoms with Crippen molar-refractivity contribution in [2.24, 2.45) is 0 Å². The van der Waals surface area contributed by atoms with E-state index in [2.05, 4.69) is 0 Å². The molecule has 0 atom stereocenters. The molecule has 1 aliphatic heterocycles. The van der Waals surface area contributed by atoms with E-state index in [9.17, 15) is 14.4 Å². The van der Waals surface area contributed by atoms with Crippen LogP contribution < -0.4 is 0 Å². The van der Waals surface area contributed by atoms with E-state index in [1.54, 1.807) is 13.0 Å². The molecule has 0 saturated carbocycles. The van der Waals surface area contributed by atoms with Crippen LogP contribution in [0, 0.1) is 0 Å². The van der Waals surface area contributed by atoms with Crippen molar-refractivity contribution >= 4 is 17.7 Å². The second-order valence-electron chi connectivity index (χ2n) is 5.01. The minimum atomic E-state index is -0.537. The molecule has 1 aliphatic rings. The topological polar surface area (TPSA) is 63.7 Å². The van der Waals surface area contributed by atoms with Crippen LogP contribution in [-0.2, 0) is 20.7 Å². The molecule has 0 aromatic heterocycles. The summed E-state index contributed by atoms with van der Waals surface area (Å²) in [6.45, 7) is 2.44. The third kappa shape index (κ3) is 3.90. The number of hydrogen-bond donors (Lipinski definition) is 0. The van der Waals surface area contributed by atoms with Crippen LogP contribution in [0.25, 0.3) is 0 Å². The Hall–Kier alpha value is -2.17. The number of benzene rings is 1. The quantitative estimate of drug-likeness (QED) is 0.610. The van der Waals surface area contributed by atoms with Crippen molar-refractivity contribution in [3.8, 4) is 0 Å². The van der Waals surface area contributed by atoms with Crippen molar-refractivity contribution < 1.29 is 19.1 Å². The highest BCUT2D eigenvalue weighted by Crippen LogP contribution is 2.18. The van der Waals surface area contributed by atoms with Crippen LogP contribution in [0.4, 0.5) is 0 Å². The van der Waals surface area contributed by atoms with E-state index in [1.165, 1.54) is 4.90 Å². The normalized spacial score (nSPS) is 14.3. The zero-order valence-corrected chi connectivity index (χ0v) is 12.1. The first-order chi connectivity index (χ1) is 10.1. The molecule has 5 heteroatoms. The van der Waals surface area contributed by atoms with Gasteiger partial charge in [0.1, 0.15) is 6.42 Å². The third-order valence-electron chi connectivity index (χ3n) is 3.42. The van der Waals surface area contributed by atoms with Gasteiger partial charge < -0.3 is 9.64 Å². The number of ketones is 1. The van der Waals surface area contributed by atoms with Crippen molar-refractivity contribution in [3.05, 3.63) is 35.4 Å². The Morgan fingerprint density at radius 1 is 1.29 bits per heavy atom. The van der Waals surface area contributed by atoms with Crippen LogP contribution in [0.3, 0.4) is 0 Å². The lowest BCUT2D eigenvalue weighted by molar-refractivity contribution is -0.145. The zero-order chi connectivity index (χ0) is 15.2. The van der Waals surface area contributed by atoms with Crippen LogP contribution in [0.15, 0.2) is 24.3 Å². The summed E-state index contributed by atoms with van der Waals surface area (Å²) in [6.07, 6.45) is 1.36. The summed E-state index contributed by atoms with van der Waals surface area (Å²) in [5.41, 5.74) is 1.67. The van der Waals surface area contributed by atoms with E-state index in [1.807, 2.05) is 18.2 Å². The van der Waals surface area contributed by atoms with Crippen molar-refractivity contribution in [1.29, 1.82) is 0 Å². The van der Waals surface area contributed by atoms with Gasteiger partial charge >= 0.3 is 5.97 Å². The molecular weight excluding hydrogens is 270 g/mol. The molecule has 1 aromatic carbocycles. The number of carbonyl (C=O) groups excluding carboxylic acids is 3. The first-order valence-corrected chi connectivity index (χ1v) is 7.16. The van der Waals surface area contributed by atoms with Crippen LogP contribution in [-0.4, -0.2) is 42.3 Å². The van der Waals surface area contributed by atoms with Gasteiger partial charge in [-0.15, -0.1) is 0 Å². The lowest BCUT2D eigenvalue weighted by Crippen LogP contribution is -2.36. The Balaban J connectivity index is 2.02. The van der Waals surface area contributed by atoms with E-state index in [4.69, 9.17) is 4.74 Å². The third-order valence-corrected chi connectivity index (χ3v) is 3.42. The highest BCUT2D eigenvalue weighted by molar-refractivity contribution is 6.01. The predicted octanol–water partition coefficient (Wildman–Crippen LogP) is 1.60. The summed E-state index contributed by atoms with van der Waals surface area (Å²) in [5.74, 6) is -0.966. The van der Waals surface area contributed by atoms with Gasteiger partial charge in [0.05, 0.1) is 13.2 Å². The van der Waals surface area contributed by atoms with Crippen LogP contribution >= 0.6 is 0 Å². The standard InChI is InChI=1S/C16H19NO4/c1-2-21-15(19)10-13(18)11-17-9-5-7-12-6-3-4-8-14(12)16(17)20/h3-4,6,8H,2,5,7,9-11H2,1H3. The van der Waals surface area contributed by atoms with Crippen molar-refractivity contribution in [1.82, 2.24) is 4.90 Å². The fraction of sp³-hybridized carbons (Fsp3) is 0.438. The van der Waals surface area contributed by atoms with Crippen molar-refractivity contribution in [3.63, 3.8) is 0 Å². The highest BCUT2D eigenvalue weighted by atomic mass is 16.5. The van der Waals surface area contributed by atoms with Crippen LogP contribution in [0.2, 0.25) is 0 Å². The molecule has 21 heavy (non-hydrogen) atoms. The Kier molecular flexibility index (Phi) is 5.09. The van der Waals surface area contributed by atoms with E-state index in [0.29, 0.717) is 12.1 Å². The number of Topliss-reactive ketones (excluding diaryl/α,β-unsaturated/α-hetero) is 1. The molecule has 0 aliphatic carbocycles. The van der Waals surface area contributed by atoms with Gasteiger partial charge in [-0.1, -0.05) is 18.2 Å². The number of rotatable bonds is 5. The van der Waals surface area contributed by atoms with E-state index >= 15 is 0 Å². The number of hydrogen-bond acceptors (Lipinski definition) is 4. The maximum atomic E-state index is 12.4. The van der Waals surface area contributed by atoms with Gasteiger partial charge in [-0.25, -0.2) is 0 Å². The maximum Gasteiger partial charge on any atom is 0.313 e. The number of amides is 1. The minimum absolute atomic E-state index is 0.0357. The van der Waals surface area contributed by atoms with Gasteiger partial charge in [-0.3, -0.25) is 14.4 Å². The molecule has 1 amide bonds. The summed E-state index contributed by atoms with van der Waals surface area (Å²) in [7, 11) is 0. The summed E-state index contributed by atoms with van der Waals surface area (Å²) in [5, 5.41) is 0. The maximum absolute atomic E-state index is 12.4. The Morgan fingerprint density at radius 3 is 2.81 bits per heavy atom. The molecule has 2 rings (SSSR count). The van der Waals surface area contributed by atoms with E-state index < -0.39 is 5.97 Å². The first-order valence-electron chi connectivity index (χ1n) is 7.16. The van der Waals surface area contributed by atoms with Crippen LogP contribution in [0.1, 0.15) is 35.7 Å². The second-order valence-corrected chi connectivity index (χ2v) is 5.01. The number of fused-ring (bicyclic) bond motifs is 1. The van der Waals surface area contributed by atoms with Gasteiger partial charge in [0.25, 0.3) is 5.91 Å². The highest BCUT2D eigenvalue weighted by Gasteiger charge is 2.24. The largest absolute Gasteiger partial charge is 0.466 e. The SMILES string of the molecule is CCOC(=O)CC(=O)CN1CCCc2ccccc2C1=O. The zero-order valence-electron chi connectivity index (χ0n) is 12.1. The molecule has 5 nitrogen and oxygen atoms in total. The number of aryl methyl sites for hydroxylation is 1. The molecule has 0 N–H and O–H groups in total. The monoisotopic (exact) mass is 289 g/mol. The van der Waals surface area contributed by atoms with Gasteiger partial charge in [0.2, 0.25) is 0 Å². The minimum Gasteiger partial charge on any atom is -0.466 e. The number of carbonyl (C=O) groups is 3. The van der Waals surface area contributed by atoms with Crippen molar-refractivity contribution in [2.45, 2.75) is 26.2 Å². The molecule has 1 heterocycles. The lowest BCUT2D eigenvalue weighted by atomic mass is 10.0. The molecule has 1 aromatic rings. The molecular formula is C16H19NO4. The molecule has 0 saturated heterocycles. The molecule has 0 unspecified atom stereocenters. The van der Waals surface area contributed by atoms with Gasteiger partial charge in [-0.2, -0.15) is 0 Å². The number of esters is 1. The Bertz CT molecular complexity index is 553. The fourth-order valence-electron chi connectivity index (χ4n) is 2.47. The first kappa shape index (κ1) is 15.2. The summed E-state index contributed by atoms with van der Waals surface area (Å²) < 4.78 is 4.75. The Labute approximate surface area is 123 Å². The molecule has 0 spiro atoms. The number of nitrogens with zero attached hydrogens (tertiary/aromatic N) is 1. The lowest BCUT2D eigenvalue weighted by Gasteiger charge is -2.19. The average molecular weight is 289 g/mol. The molecule has 112 valence electrons. The second kappa shape index (κ2) is 7.02. The average Bonchev–Trinajstić information content (AvgIpc) is 2.60. The van der Waals surface area contributed by atoms with Gasteiger partial charge in [0.15, 0.2) is 5.78 Å². The predicted molar refractivity (Wildman–Crippen MR) is 76.9 cm³/mol. The van der Waals surface area contributed by atoms with E-state index in [-0.39, 0.29) is 31.3 Å². The smallest absolute Gasteiger partial charge is 0.313 e. The summed E-state index contributed by atoms with van der Waals surface area (Å²) in [6, 6.07) is 7.46. The van der Waals surface area contributed by atoms with E-state index in [0.717, 1.165) is 18.4 Å². The fourth-order valence-corrected chi connectivity index (χ4v) is 2.47.